The van der Waals surface area contributed by atoms with Gasteiger partial charge >= 0.3 is 0 Å². The minimum absolute atomic E-state index is 0.0335. The van der Waals surface area contributed by atoms with Crippen molar-refractivity contribution < 1.29 is 14.3 Å². The number of benzene rings is 3. The summed E-state index contributed by atoms with van der Waals surface area (Å²) >= 11 is 0. The zero-order valence-electron chi connectivity index (χ0n) is 15.7. The highest BCUT2D eigenvalue weighted by Gasteiger charge is 2.32. The van der Waals surface area contributed by atoms with Crippen molar-refractivity contribution in [2.75, 3.05) is 7.11 Å². The Morgan fingerprint density at radius 3 is 1.93 bits per heavy atom. The summed E-state index contributed by atoms with van der Waals surface area (Å²) in [7, 11) is 1.60. The van der Waals surface area contributed by atoms with Gasteiger partial charge in [0.15, 0.2) is 5.78 Å². The first-order valence-corrected chi connectivity index (χ1v) is 9.16. The molecule has 0 aliphatic carbocycles. The van der Waals surface area contributed by atoms with Gasteiger partial charge in [0, 0.05) is 17.9 Å². The van der Waals surface area contributed by atoms with Crippen LogP contribution in [0.15, 0.2) is 84.9 Å². The molecule has 4 nitrogen and oxygen atoms in total. The Kier molecular flexibility index (Phi) is 6.22. The molecule has 0 fully saturated rings. The monoisotopic (exact) mass is 373 g/mol. The number of Topliss-reactive ketones (excluding diaryl/α,β-unsaturated/α-hetero) is 1. The van der Waals surface area contributed by atoms with Crippen molar-refractivity contribution in [3.63, 3.8) is 0 Å². The van der Waals surface area contributed by atoms with Crippen molar-refractivity contribution in [3.8, 4) is 5.75 Å². The van der Waals surface area contributed by atoms with E-state index in [0.717, 1.165) is 11.1 Å². The molecule has 2 unspecified atom stereocenters. The third-order valence-corrected chi connectivity index (χ3v) is 4.87. The van der Waals surface area contributed by atoms with Crippen molar-refractivity contribution >= 4 is 11.7 Å². The second-order valence-electron chi connectivity index (χ2n) is 6.67. The molecule has 0 heterocycles. The number of nitrogens with two attached hydrogens (primary N) is 1. The van der Waals surface area contributed by atoms with Crippen LogP contribution in [0, 0.1) is 0 Å². The summed E-state index contributed by atoms with van der Waals surface area (Å²) in [5.41, 5.74) is 7.91. The lowest BCUT2D eigenvalue weighted by atomic mass is 9.75. The molecule has 0 saturated carbocycles. The summed E-state index contributed by atoms with van der Waals surface area (Å²) < 4.78 is 5.23. The normalized spacial score (nSPS) is 12.8. The van der Waals surface area contributed by atoms with Crippen molar-refractivity contribution in [2.45, 2.75) is 18.3 Å². The Bertz CT molecular complexity index is 921. The molecule has 2 atom stereocenters. The molecule has 0 aliphatic heterocycles. The average molecular weight is 373 g/mol. The van der Waals surface area contributed by atoms with E-state index in [9.17, 15) is 9.59 Å². The standard InChI is InChI=1S/C24H23NO3/c1-28-20-14-12-17(13-15-20)21(16-22(25)26)23(18-8-4-2-5-9-18)24(27)19-10-6-3-7-11-19/h2-15,21,23H,16H2,1H3,(H2,25,26). The maximum atomic E-state index is 13.5. The molecule has 3 aromatic rings. The Balaban J connectivity index is 2.10. The van der Waals surface area contributed by atoms with Crippen LogP contribution in [0.1, 0.15) is 39.7 Å². The fraction of sp³-hybridized carbons (Fsp3) is 0.167. The van der Waals surface area contributed by atoms with E-state index in [0.29, 0.717) is 11.3 Å². The first kappa shape index (κ1) is 19.4. The number of amides is 1. The highest BCUT2D eigenvalue weighted by molar-refractivity contribution is 6.02. The van der Waals surface area contributed by atoms with Gasteiger partial charge in [-0.2, -0.15) is 0 Å². The first-order chi connectivity index (χ1) is 13.6. The quantitative estimate of drug-likeness (QED) is 0.598. The number of hydrogen-bond acceptors (Lipinski definition) is 3. The average Bonchev–Trinajstić information content (AvgIpc) is 2.74. The molecule has 4 heteroatoms. The molecule has 3 aromatic carbocycles. The predicted octanol–water partition coefficient (Wildman–Crippen LogP) is 4.32. The molecule has 28 heavy (non-hydrogen) atoms. The largest absolute Gasteiger partial charge is 0.497 e. The lowest BCUT2D eigenvalue weighted by molar-refractivity contribution is -0.118. The van der Waals surface area contributed by atoms with Gasteiger partial charge in [0.1, 0.15) is 5.75 Å². The number of methoxy groups -OCH3 is 1. The molecule has 3 rings (SSSR count). The van der Waals surface area contributed by atoms with E-state index < -0.39 is 11.8 Å². The summed E-state index contributed by atoms with van der Waals surface area (Å²) in [5, 5.41) is 0. The number of carbonyl (C=O) groups is 2. The van der Waals surface area contributed by atoms with Gasteiger partial charge in [-0.3, -0.25) is 9.59 Å². The van der Waals surface area contributed by atoms with Gasteiger partial charge in [-0.15, -0.1) is 0 Å². The molecule has 0 bridgehead atoms. The Morgan fingerprint density at radius 2 is 1.39 bits per heavy atom. The Hall–Kier alpha value is -3.40. The van der Waals surface area contributed by atoms with Gasteiger partial charge in [0.2, 0.25) is 5.91 Å². The van der Waals surface area contributed by atoms with Crippen LogP contribution in [-0.4, -0.2) is 18.8 Å². The molecule has 142 valence electrons. The number of carbonyl (C=O) groups excluding carboxylic acids is 2. The highest BCUT2D eigenvalue weighted by atomic mass is 16.5. The van der Waals surface area contributed by atoms with Gasteiger partial charge in [-0.1, -0.05) is 72.8 Å². The molecular formula is C24H23NO3. The van der Waals surface area contributed by atoms with Gasteiger partial charge in [-0.05, 0) is 23.3 Å². The van der Waals surface area contributed by atoms with Crippen molar-refractivity contribution in [1.29, 1.82) is 0 Å². The summed E-state index contributed by atoms with van der Waals surface area (Å²) in [6, 6.07) is 26.1. The van der Waals surface area contributed by atoms with E-state index in [2.05, 4.69) is 0 Å². The maximum Gasteiger partial charge on any atom is 0.218 e. The molecule has 0 aliphatic rings. The summed E-state index contributed by atoms with van der Waals surface area (Å²) in [6.45, 7) is 0. The second kappa shape index (κ2) is 9.00. The fourth-order valence-electron chi connectivity index (χ4n) is 3.50. The molecular weight excluding hydrogens is 350 g/mol. The first-order valence-electron chi connectivity index (χ1n) is 9.16. The minimum Gasteiger partial charge on any atom is -0.497 e. The van der Waals surface area contributed by atoms with E-state index in [1.807, 2.05) is 72.8 Å². The second-order valence-corrected chi connectivity index (χ2v) is 6.67. The van der Waals surface area contributed by atoms with E-state index in [1.54, 1.807) is 19.2 Å². The van der Waals surface area contributed by atoms with E-state index >= 15 is 0 Å². The van der Waals surface area contributed by atoms with Gasteiger partial charge < -0.3 is 10.5 Å². The van der Waals surface area contributed by atoms with E-state index in [4.69, 9.17) is 10.5 Å². The van der Waals surface area contributed by atoms with Crippen molar-refractivity contribution in [3.05, 3.63) is 102 Å². The smallest absolute Gasteiger partial charge is 0.218 e. The van der Waals surface area contributed by atoms with Crippen LogP contribution < -0.4 is 10.5 Å². The molecule has 0 spiro atoms. The number of ether oxygens (including phenoxy) is 1. The maximum absolute atomic E-state index is 13.5. The molecule has 0 aromatic heterocycles. The SMILES string of the molecule is COc1ccc(C(CC(N)=O)C(C(=O)c2ccccc2)c2ccccc2)cc1. The summed E-state index contributed by atoms with van der Waals surface area (Å²) in [5.74, 6) is -0.660. The zero-order chi connectivity index (χ0) is 19.9. The van der Waals surface area contributed by atoms with Crippen LogP contribution >= 0.6 is 0 Å². The van der Waals surface area contributed by atoms with Gasteiger partial charge in [-0.25, -0.2) is 0 Å². The fourth-order valence-corrected chi connectivity index (χ4v) is 3.50. The van der Waals surface area contributed by atoms with E-state index in [-0.39, 0.29) is 18.1 Å². The van der Waals surface area contributed by atoms with Crippen LogP contribution in [0.3, 0.4) is 0 Å². The third kappa shape index (κ3) is 4.46. The number of ketones is 1. The highest BCUT2D eigenvalue weighted by Crippen LogP contribution is 2.38. The van der Waals surface area contributed by atoms with Crippen LogP contribution in [-0.2, 0) is 4.79 Å². The van der Waals surface area contributed by atoms with Crippen LogP contribution in [0.2, 0.25) is 0 Å². The van der Waals surface area contributed by atoms with Gasteiger partial charge in [0.25, 0.3) is 0 Å². The number of rotatable bonds is 8. The summed E-state index contributed by atoms with van der Waals surface area (Å²) in [4.78, 5) is 25.4. The minimum atomic E-state index is -0.524. The lowest BCUT2D eigenvalue weighted by Crippen LogP contribution is -2.25. The van der Waals surface area contributed by atoms with Gasteiger partial charge in [0.05, 0.1) is 13.0 Å². The molecule has 1 amide bonds. The number of hydrogen-bond donors (Lipinski definition) is 1. The van der Waals surface area contributed by atoms with Crippen LogP contribution in [0.25, 0.3) is 0 Å². The molecule has 0 radical (unpaired) electrons. The number of primary amides is 1. The molecule has 0 saturated heterocycles. The summed E-state index contributed by atoms with van der Waals surface area (Å²) in [6.07, 6.45) is 0.0739. The Labute approximate surface area is 165 Å². The van der Waals surface area contributed by atoms with Crippen LogP contribution in [0.5, 0.6) is 5.75 Å². The van der Waals surface area contributed by atoms with Crippen LogP contribution in [0.4, 0.5) is 0 Å². The van der Waals surface area contributed by atoms with E-state index in [1.165, 1.54) is 0 Å². The Morgan fingerprint density at radius 1 is 0.821 bits per heavy atom. The van der Waals surface area contributed by atoms with Crippen molar-refractivity contribution in [2.24, 2.45) is 5.73 Å². The zero-order valence-corrected chi connectivity index (χ0v) is 15.7. The lowest BCUT2D eigenvalue weighted by Gasteiger charge is -2.26. The molecule has 2 N–H and O–H groups in total. The third-order valence-electron chi connectivity index (χ3n) is 4.87. The topological polar surface area (TPSA) is 69.4 Å². The van der Waals surface area contributed by atoms with Crippen molar-refractivity contribution in [1.82, 2.24) is 0 Å². The predicted molar refractivity (Wildman–Crippen MR) is 110 cm³/mol.